The van der Waals surface area contributed by atoms with Crippen molar-refractivity contribution in [2.75, 3.05) is 12.3 Å². The highest BCUT2D eigenvalue weighted by molar-refractivity contribution is 7.80. The molecule has 0 aromatic rings. The Hall–Kier alpha value is -2.87. The standard InChI is InChI=1S/C13H21N5O8S/c14-5(4-27)11(24)17-6(1-8(15)19)13(26)18-7(2-9(20)21)12(25)16-3-10(22)23/h5-7,27H,1-4,14H2,(H2,15,19)(H,16,25)(H,17,24)(H,18,26)(H,20,21)(H,22,23). The third-order valence-corrected chi connectivity index (χ3v) is 3.39. The fraction of sp³-hybridized carbons (Fsp3) is 0.538. The summed E-state index contributed by atoms with van der Waals surface area (Å²) in [6.45, 7) is -0.803. The number of nitrogens with one attached hydrogen (secondary N) is 3. The molecule has 0 radical (unpaired) electrons. The number of hydrogen-bond acceptors (Lipinski definition) is 8. The molecule has 0 spiro atoms. The number of thiol groups is 1. The van der Waals surface area contributed by atoms with Crippen LogP contribution in [0.3, 0.4) is 0 Å². The van der Waals surface area contributed by atoms with Crippen molar-refractivity contribution in [3.8, 4) is 0 Å². The molecule has 14 heteroatoms. The third kappa shape index (κ3) is 10.0. The van der Waals surface area contributed by atoms with Crippen molar-refractivity contribution in [2.45, 2.75) is 31.0 Å². The van der Waals surface area contributed by atoms with Crippen molar-refractivity contribution in [3.05, 3.63) is 0 Å². The van der Waals surface area contributed by atoms with Crippen molar-refractivity contribution in [1.29, 1.82) is 0 Å². The van der Waals surface area contributed by atoms with Gasteiger partial charge >= 0.3 is 11.9 Å². The maximum Gasteiger partial charge on any atom is 0.322 e. The Bertz CT molecular complexity index is 614. The predicted molar refractivity (Wildman–Crippen MR) is 92.4 cm³/mol. The number of carbonyl (C=O) groups excluding carboxylic acids is 4. The number of carboxylic acids is 2. The highest BCUT2D eigenvalue weighted by Crippen LogP contribution is 1.99. The van der Waals surface area contributed by atoms with E-state index in [1.807, 2.05) is 10.6 Å². The van der Waals surface area contributed by atoms with Crippen LogP contribution in [0.5, 0.6) is 0 Å². The first-order chi connectivity index (χ1) is 12.5. The first-order valence-electron chi connectivity index (χ1n) is 7.44. The normalized spacial score (nSPS) is 13.6. The van der Waals surface area contributed by atoms with E-state index in [-0.39, 0.29) is 5.75 Å². The molecule has 0 aromatic carbocycles. The Labute approximate surface area is 158 Å². The molecule has 4 amide bonds. The SMILES string of the molecule is NC(=O)CC(NC(=O)C(N)CS)C(=O)NC(CC(=O)O)C(=O)NCC(=O)O. The summed E-state index contributed by atoms with van der Waals surface area (Å²) in [4.78, 5) is 68.4. The largest absolute Gasteiger partial charge is 0.481 e. The van der Waals surface area contributed by atoms with Crippen molar-refractivity contribution in [3.63, 3.8) is 0 Å². The lowest BCUT2D eigenvalue weighted by molar-refractivity contribution is -0.142. The Morgan fingerprint density at radius 1 is 0.852 bits per heavy atom. The number of primary amides is 1. The zero-order valence-electron chi connectivity index (χ0n) is 14.0. The van der Waals surface area contributed by atoms with Gasteiger partial charge in [0.1, 0.15) is 18.6 Å². The van der Waals surface area contributed by atoms with Gasteiger partial charge in [0.2, 0.25) is 23.6 Å². The van der Waals surface area contributed by atoms with E-state index in [2.05, 4.69) is 17.9 Å². The minimum atomic E-state index is -1.65. The molecule has 3 atom stereocenters. The van der Waals surface area contributed by atoms with E-state index in [1.165, 1.54) is 0 Å². The Balaban J connectivity index is 5.24. The first-order valence-corrected chi connectivity index (χ1v) is 8.07. The third-order valence-electron chi connectivity index (χ3n) is 3.00. The Morgan fingerprint density at radius 2 is 1.37 bits per heavy atom. The van der Waals surface area contributed by atoms with E-state index in [0.29, 0.717) is 0 Å². The zero-order valence-corrected chi connectivity index (χ0v) is 14.9. The number of hydrogen-bond donors (Lipinski definition) is 8. The topological polar surface area (TPSA) is 231 Å². The van der Waals surface area contributed by atoms with Crippen LogP contribution in [0.1, 0.15) is 12.8 Å². The van der Waals surface area contributed by atoms with E-state index >= 15 is 0 Å². The lowest BCUT2D eigenvalue weighted by Crippen LogP contribution is -2.57. The molecule has 9 N–H and O–H groups in total. The second kappa shape index (κ2) is 11.7. The van der Waals surface area contributed by atoms with Gasteiger partial charge in [-0.1, -0.05) is 0 Å². The van der Waals surface area contributed by atoms with Gasteiger partial charge in [-0.3, -0.25) is 28.8 Å². The van der Waals surface area contributed by atoms with Crippen molar-refractivity contribution in [2.24, 2.45) is 11.5 Å². The quantitative estimate of drug-likeness (QED) is 0.146. The second-order valence-corrected chi connectivity index (χ2v) is 5.66. The minimum absolute atomic E-state index is 0.0595. The summed E-state index contributed by atoms with van der Waals surface area (Å²) in [7, 11) is 0. The Kier molecular flexibility index (Phi) is 10.4. The van der Waals surface area contributed by atoms with Gasteiger partial charge in [-0.2, -0.15) is 12.6 Å². The molecule has 0 rings (SSSR count). The predicted octanol–water partition coefficient (Wildman–Crippen LogP) is -4.24. The molecule has 0 aromatic heterocycles. The van der Waals surface area contributed by atoms with E-state index < -0.39 is 73.1 Å². The molecule has 0 heterocycles. The summed E-state index contributed by atoms with van der Waals surface area (Å²) in [5, 5.41) is 23.5. The molecule has 0 aliphatic carbocycles. The van der Waals surface area contributed by atoms with E-state index in [9.17, 15) is 28.8 Å². The first kappa shape index (κ1) is 24.1. The molecule has 0 aliphatic heterocycles. The smallest absolute Gasteiger partial charge is 0.322 e. The molecule has 0 bridgehead atoms. The molecule has 0 fully saturated rings. The second-order valence-electron chi connectivity index (χ2n) is 5.29. The zero-order chi connectivity index (χ0) is 21.1. The van der Waals surface area contributed by atoms with Crippen LogP contribution in [-0.2, 0) is 28.8 Å². The average Bonchev–Trinajstić information content (AvgIpc) is 2.56. The summed E-state index contributed by atoms with van der Waals surface area (Å²) in [6.07, 6.45) is -1.52. The van der Waals surface area contributed by atoms with Gasteiger partial charge in [0.15, 0.2) is 0 Å². The molecule has 0 saturated heterocycles. The molecule has 27 heavy (non-hydrogen) atoms. The van der Waals surface area contributed by atoms with E-state index in [1.54, 1.807) is 0 Å². The van der Waals surface area contributed by atoms with Crippen LogP contribution < -0.4 is 27.4 Å². The number of rotatable bonds is 12. The van der Waals surface area contributed by atoms with Gasteiger partial charge in [0.25, 0.3) is 0 Å². The number of carboxylic acid groups (broad SMARTS) is 2. The number of amides is 4. The number of aliphatic carboxylic acids is 2. The van der Waals surface area contributed by atoms with Gasteiger partial charge in [-0.25, -0.2) is 0 Å². The highest BCUT2D eigenvalue weighted by atomic mass is 32.1. The van der Waals surface area contributed by atoms with Gasteiger partial charge in [-0.15, -0.1) is 0 Å². The summed E-state index contributed by atoms with van der Waals surface area (Å²) in [5.41, 5.74) is 10.5. The number of carbonyl (C=O) groups is 6. The van der Waals surface area contributed by atoms with Crippen LogP contribution >= 0.6 is 12.6 Å². The maximum absolute atomic E-state index is 12.3. The highest BCUT2D eigenvalue weighted by Gasteiger charge is 2.30. The summed E-state index contributed by atoms with van der Waals surface area (Å²) in [6, 6.07) is -4.27. The van der Waals surface area contributed by atoms with E-state index in [4.69, 9.17) is 21.7 Å². The van der Waals surface area contributed by atoms with Crippen molar-refractivity contribution >= 4 is 48.2 Å². The number of nitrogens with two attached hydrogens (primary N) is 2. The molecular weight excluding hydrogens is 386 g/mol. The van der Waals surface area contributed by atoms with Gasteiger partial charge in [0, 0.05) is 5.75 Å². The van der Waals surface area contributed by atoms with Crippen LogP contribution in [0.25, 0.3) is 0 Å². The lowest BCUT2D eigenvalue weighted by Gasteiger charge is -2.22. The van der Waals surface area contributed by atoms with Crippen LogP contribution in [0.15, 0.2) is 0 Å². The van der Waals surface area contributed by atoms with E-state index in [0.717, 1.165) is 0 Å². The van der Waals surface area contributed by atoms with Crippen molar-refractivity contribution in [1.82, 2.24) is 16.0 Å². The summed E-state index contributed by atoms with van der Waals surface area (Å²) < 4.78 is 0. The van der Waals surface area contributed by atoms with Gasteiger partial charge < -0.3 is 37.6 Å². The van der Waals surface area contributed by atoms with Crippen LogP contribution in [0.2, 0.25) is 0 Å². The monoisotopic (exact) mass is 407 g/mol. The van der Waals surface area contributed by atoms with Crippen LogP contribution in [0, 0.1) is 0 Å². The minimum Gasteiger partial charge on any atom is -0.481 e. The van der Waals surface area contributed by atoms with Crippen LogP contribution in [0.4, 0.5) is 0 Å². The molecule has 152 valence electrons. The Morgan fingerprint density at radius 3 is 1.81 bits per heavy atom. The van der Waals surface area contributed by atoms with Gasteiger partial charge in [0.05, 0.1) is 18.9 Å². The molecular formula is C13H21N5O8S. The van der Waals surface area contributed by atoms with Crippen LogP contribution in [-0.4, -0.2) is 76.2 Å². The summed E-state index contributed by atoms with van der Waals surface area (Å²) >= 11 is 3.81. The molecule has 0 saturated carbocycles. The fourth-order valence-electron chi connectivity index (χ4n) is 1.71. The maximum atomic E-state index is 12.3. The lowest BCUT2D eigenvalue weighted by atomic mass is 10.1. The molecule has 0 aliphatic rings. The fourth-order valence-corrected chi connectivity index (χ4v) is 1.88. The van der Waals surface area contributed by atoms with Gasteiger partial charge in [-0.05, 0) is 0 Å². The average molecular weight is 407 g/mol. The summed E-state index contributed by atoms with van der Waals surface area (Å²) in [5.74, 6) is -6.84. The molecule has 3 unspecified atom stereocenters. The molecule has 13 nitrogen and oxygen atoms in total. The van der Waals surface area contributed by atoms with Crippen molar-refractivity contribution < 1.29 is 39.0 Å².